The van der Waals surface area contributed by atoms with Crippen LogP contribution in [0.15, 0.2) is 218 Å². The highest BCUT2D eigenvalue weighted by Gasteiger charge is 2.20. The molecule has 0 unspecified atom stereocenters. The summed E-state index contributed by atoms with van der Waals surface area (Å²) < 4.78 is 7.68. The van der Waals surface area contributed by atoms with E-state index in [1.807, 2.05) is 22.7 Å². The van der Waals surface area contributed by atoms with E-state index in [1.165, 1.54) is 101 Å². The van der Waals surface area contributed by atoms with E-state index >= 15 is 0 Å². The van der Waals surface area contributed by atoms with Gasteiger partial charge in [0.1, 0.15) is 0 Å². The van der Waals surface area contributed by atoms with Crippen molar-refractivity contribution >= 4 is 113 Å². The highest BCUT2D eigenvalue weighted by molar-refractivity contribution is 7.26. The van der Waals surface area contributed by atoms with Crippen molar-refractivity contribution in [1.29, 1.82) is 0 Å². The first-order valence-electron chi connectivity index (χ1n) is 21.1. The molecule has 290 valence electrons. The van der Waals surface area contributed by atoms with Gasteiger partial charge in [0.15, 0.2) is 0 Å². The normalized spacial score (nSPS) is 11.9. The summed E-state index contributed by atoms with van der Waals surface area (Å²) in [5, 5.41) is 10.3. The van der Waals surface area contributed by atoms with Gasteiger partial charge in [-0.2, -0.15) is 0 Å². The van der Waals surface area contributed by atoms with Gasteiger partial charge >= 0.3 is 0 Å². The van der Waals surface area contributed by atoms with Gasteiger partial charge in [-0.15, -0.1) is 22.7 Å². The number of para-hydroxylation sites is 1. The van der Waals surface area contributed by atoms with E-state index < -0.39 is 0 Å². The van der Waals surface area contributed by atoms with Gasteiger partial charge in [0, 0.05) is 68.9 Å². The zero-order chi connectivity index (χ0) is 40.7. The molecule has 0 N–H and O–H groups in total. The van der Waals surface area contributed by atoms with Crippen LogP contribution in [0, 0.1) is 0 Å². The summed E-state index contributed by atoms with van der Waals surface area (Å²) >= 11 is 3.73. The van der Waals surface area contributed by atoms with Crippen LogP contribution in [0.25, 0.3) is 101 Å². The standard InChI is InChI=1S/C58H36N2S2/c1-2-12-42(13-3-1)60-53-36-41(26-32-46(53)49-33-25-39-11-4-5-14-45(39)57(49)60)38-23-30-44(31-24-38)59(52-18-10-17-50-47-15-6-9-20-55(47)62-58(50)52)43-28-21-37(22-29-43)40-27-34-56-51(35-40)48-16-7-8-19-54(48)61-56/h1-36H. The zero-order valence-electron chi connectivity index (χ0n) is 33.5. The van der Waals surface area contributed by atoms with Crippen LogP contribution in [-0.2, 0) is 0 Å². The number of anilines is 3. The number of aromatic nitrogens is 1. The van der Waals surface area contributed by atoms with Crippen molar-refractivity contribution in [3.63, 3.8) is 0 Å². The lowest BCUT2D eigenvalue weighted by atomic mass is 10.0. The lowest BCUT2D eigenvalue weighted by Crippen LogP contribution is -2.10. The largest absolute Gasteiger partial charge is 0.309 e. The van der Waals surface area contributed by atoms with Crippen molar-refractivity contribution in [3.8, 4) is 27.9 Å². The average Bonchev–Trinajstić information content (AvgIpc) is 4.02. The molecule has 0 spiro atoms. The maximum atomic E-state index is 2.45. The van der Waals surface area contributed by atoms with E-state index in [0.717, 1.165) is 17.1 Å². The summed E-state index contributed by atoms with van der Waals surface area (Å²) in [4.78, 5) is 2.43. The second kappa shape index (κ2) is 14.0. The number of hydrogen-bond acceptors (Lipinski definition) is 3. The monoisotopic (exact) mass is 824 g/mol. The lowest BCUT2D eigenvalue weighted by Gasteiger charge is -2.26. The van der Waals surface area contributed by atoms with Gasteiger partial charge in [0.25, 0.3) is 0 Å². The van der Waals surface area contributed by atoms with Crippen LogP contribution in [0.5, 0.6) is 0 Å². The second-order valence-corrected chi connectivity index (χ2v) is 18.2. The Morgan fingerprint density at radius 1 is 0.339 bits per heavy atom. The molecular formula is C58H36N2S2. The van der Waals surface area contributed by atoms with Crippen LogP contribution >= 0.6 is 22.7 Å². The van der Waals surface area contributed by atoms with Crippen molar-refractivity contribution in [1.82, 2.24) is 4.57 Å². The summed E-state index contributed by atoms with van der Waals surface area (Å²) in [6.07, 6.45) is 0. The minimum absolute atomic E-state index is 1.11. The van der Waals surface area contributed by atoms with Crippen molar-refractivity contribution in [3.05, 3.63) is 218 Å². The molecule has 0 aliphatic rings. The Labute approximate surface area is 366 Å². The Bertz CT molecular complexity index is 3850. The Kier molecular flexibility index (Phi) is 7.99. The van der Waals surface area contributed by atoms with Crippen LogP contribution in [-0.4, -0.2) is 4.57 Å². The number of rotatable bonds is 6. The van der Waals surface area contributed by atoms with E-state index in [0.29, 0.717) is 0 Å². The van der Waals surface area contributed by atoms with Crippen LogP contribution in [0.4, 0.5) is 17.1 Å². The Morgan fingerprint density at radius 2 is 0.903 bits per heavy atom. The van der Waals surface area contributed by atoms with Crippen LogP contribution in [0.2, 0.25) is 0 Å². The van der Waals surface area contributed by atoms with Crippen molar-refractivity contribution in [2.75, 3.05) is 4.90 Å². The van der Waals surface area contributed by atoms with Gasteiger partial charge in [-0.3, -0.25) is 0 Å². The first-order valence-corrected chi connectivity index (χ1v) is 22.7. The number of benzene rings is 10. The maximum absolute atomic E-state index is 2.45. The minimum Gasteiger partial charge on any atom is -0.309 e. The van der Waals surface area contributed by atoms with Crippen molar-refractivity contribution in [2.24, 2.45) is 0 Å². The Balaban J connectivity index is 0.939. The predicted molar refractivity (Wildman–Crippen MR) is 270 cm³/mol. The molecule has 13 rings (SSSR count). The molecule has 13 aromatic rings. The highest BCUT2D eigenvalue weighted by Crippen LogP contribution is 2.46. The fraction of sp³-hybridized carbons (Fsp3) is 0. The molecular weight excluding hydrogens is 789 g/mol. The van der Waals surface area contributed by atoms with Gasteiger partial charge in [0.05, 0.1) is 21.4 Å². The zero-order valence-corrected chi connectivity index (χ0v) is 35.1. The molecule has 0 radical (unpaired) electrons. The van der Waals surface area contributed by atoms with Gasteiger partial charge < -0.3 is 9.47 Å². The van der Waals surface area contributed by atoms with E-state index in [9.17, 15) is 0 Å². The molecule has 0 atom stereocenters. The molecule has 3 aromatic heterocycles. The van der Waals surface area contributed by atoms with E-state index in [4.69, 9.17) is 0 Å². The second-order valence-electron chi connectivity index (χ2n) is 16.1. The van der Waals surface area contributed by atoms with Crippen molar-refractivity contribution < 1.29 is 0 Å². The topological polar surface area (TPSA) is 8.17 Å². The van der Waals surface area contributed by atoms with Gasteiger partial charge in [-0.05, 0) is 100 Å². The molecule has 0 saturated heterocycles. The lowest BCUT2D eigenvalue weighted by molar-refractivity contribution is 1.19. The van der Waals surface area contributed by atoms with Crippen LogP contribution in [0.3, 0.4) is 0 Å². The summed E-state index contributed by atoms with van der Waals surface area (Å²) in [6, 6.07) is 80.4. The Morgan fingerprint density at radius 3 is 1.66 bits per heavy atom. The van der Waals surface area contributed by atoms with Crippen molar-refractivity contribution in [2.45, 2.75) is 0 Å². The van der Waals surface area contributed by atoms with Crippen LogP contribution < -0.4 is 4.90 Å². The first-order chi connectivity index (χ1) is 30.7. The van der Waals surface area contributed by atoms with Gasteiger partial charge in [-0.25, -0.2) is 0 Å². The smallest absolute Gasteiger partial charge is 0.0640 e. The SMILES string of the molecule is c1ccc(-n2c3cc(-c4ccc(N(c5ccc(-c6ccc7sc8ccccc8c7c6)cc5)c5cccc6c5sc5ccccc56)cc4)ccc3c3ccc4ccccc4c32)cc1. The van der Waals surface area contributed by atoms with E-state index in [1.54, 1.807) is 0 Å². The third-order valence-electron chi connectivity index (χ3n) is 12.6. The molecule has 0 saturated carbocycles. The van der Waals surface area contributed by atoms with E-state index in [-0.39, 0.29) is 0 Å². The third kappa shape index (κ3) is 5.54. The number of fused-ring (bicyclic) bond motifs is 11. The molecule has 0 aliphatic carbocycles. The third-order valence-corrected chi connectivity index (χ3v) is 14.9. The molecule has 2 nitrogen and oxygen atoms in total. The molecule has 0 amide bonds. The van der Waals surface area contributed by atoms with Crippen LogP contribution in [0.1, 0.15) is 0 Å². The molecule has 10 aromatic carbocycles. The summed E-state index contributed by atoms with van der Waals surface area (Å²) in [5.74, 6) is 0. The summed E-state index contributed by atoms with van der Waals surface area (Å²) in [7, 11) is 0. The molecule has 3 heterocycles. The minimum atomic E-state index is 1.11. The number of thiophene rings is 2. The fourth-order valence-corrected chi connectivity index (χ4v) is 11.9. The molecule has 0 aliphatic heterocycles. The summed E-state index contributed by atoms with van der Waals surface area (Å²) in [6.45, 7) is 0. The maximum Gasteiger partial charge on any atom is 0.0640 e. The molecule has 4 heteroatoms. The molecule has 0 bridgehead atoms. The average molecular weight is 825 g/mol. The van der Waals surface area contributed by atoms with E-state index in [2.05, 4.69) is 228 Å². The first kappa shape index (κ1) is 35.3. The van der Waals surface area contributed by atoms with Gasteiger partial charge in [0.2, 0.25) is 0 Å². The highest BCUT2D eigenvalue weighted by atomic mass is 32.1. The number of nitrogens with zero attached hydrogens (tertiary/aromatic N) is 2. The summed E-state index contributed by atoms with van der Waals surface area (Å²) in [5.41, 5.74) is 11.8. The fourth-order valence-electron chi connectivity index (χ4n) is 9.65. The van der Waals surface area contributed by atoms with Gasteiger partial charge in [-0.1, -0.05) is 146 Å². The predicted octanol–water partition coefficient (Wildman–Crippen LogP) is 17.5. The number of hydrogen-bond donors (Lipinski definition) is 0. The Hall–Kier alpha value is -7.50. The quantitative estimate of drug-likeness (QED) is 0.162. The molecule has 62 heavy (non-hydrogen) atoms. The molecule has 0 fully saturated rings.